The fourth-order valence-electron chi connectivity index (χ4n) is 1.39. The number of alkyl halides is 2. The predicted octanol–water partition coefficient (Wildman–Crippen LogP) is 1.40. The van der Waals surface area contributed by atoms with Gasteiger partial charge in [-0.1, -0.05) is 18.2 Å². The van der Waals surface area contributed by atoms with Gasteiger partial charge in [0, 0.05) is 12.2 Å². The molecule has 3 nitrogen and oxygen atoms in total. The molecule has 3 N–H and O–H groups in total. The third-order valence-corrected chi connectivity index (χ3v) is 2.29. The molecule has 0 saturated carbocycles. The molecule has 0 heterocycles. The molecule has 0 saturated heterocycles. The average Bonchev–Trinajstić information content (AvgIpc) is 2.28. The smallest absolute Gasteiger partial charge is 0.263 e. The lowest BCUT2D eigenvalue weighted by molar-refractivity contribution is 0.00404. The molecule has 2 unspecified atom stereocenters. The Balaban J connectivity index is 2.82. The average molecular weight is 232 g/mol. The zero-order valence-corrected chi connectivity index (χ0v) is 8.55. The first-order valence-electron chi connectivity index (χ1n) is 4.91. The van der Waals surface area contributed by atoms with Gasteiger partial charge in [0.25, 0.3) is 6.43 Å². The molecule has 0 aliphatic rings. The van der Waals surface area contributed by atoms with Crippen LogP contribution in [0.4, 0.5) is 8.78 Å². The summed E-state index contributed by atoms with van der Waals surface area (Å²) in [6.45, 7) is -0.271. The Morgan fingerprint density at radius 3 is 2.31 bits per heavy atom. The molecule has 0 fully saturated rings. The van der Waals surface area contributed by atoms with Crippen molar-refractivity contribution in [2.24, 2.45) is 0 Å². The van der Waals surface area contributed by atoms with Gasteiger partial charge in [-0.3, -0.25) is 0 Å². The number of hydrogen-bond donors (Lipinski definition) is 3. The van der Waals surface area contributed by atoms with Crippen LogP contribution in [0.15, 0.2) is 24.3 Å². The molecule has 0 aliphatic heterocycles. The van der Waals surface area contributed by atoms with E-state index in [4.69, 9.17) is 5.11 Å². The van der Waals surface area contributed by atoms with Gasteiger partial charge in [-0.2, -0.15) is 0 Å². The van der Waals surface area contributed by atoms with E-state index in [1.54, 1.807) is 0 Å². The Hall–Kier alpha value is -1.04. The van der Waals surface area contributed by atoms with Crippen LogP contribution in [-0.2, 0) is 0 Å². The number of aliphatic hydroxyl groups is 3. The molecule has 2 atom stereocenters. The van der Waals surface area contributed by atoms with Crippen molar-refractivity contribution in [3.8, 4) is 0 Å². The minimum atomic E-state index is -2.61. The van der Waals surface area contributed by atoms with E-state index in [0.29, 0.717) is 0 Å². The van der Waals surface area contributed by atoms with Crippen molar-refractivity contribution in [2.75, 3.05) is 6.61 Å². The third kappa shape index (κ3) is 3.23. The second-order valence-corrected chi connectivity index (χ2v) is 3.50. The molecular weight excluding hydrogens is 218 g/mol. The van der Waals surface area contributed by atoms with E-state index in [0.717, 1.165) is 6.07 Å². The summed E-state index contributed by atoms with van der Waals surface area (Å²) in [5.74, 6) is 0. The van der Waals surface area contributed by atoms with Gasteiger partial charge in [0.1, 0.15) is 6.10 Å². The maximum absolute atomic E-state index is 12.4. The zero-order chi connectivity index (χ0) is 12.1. The van der Waals surface area contributed by atoms with Crippen LogP contribution in [0, 0.1) is 0 Å². The molecule has 5 heteroatoms. The molecule has 0 bridgehead atoms. The molecule has 0 spiro atoms. The Morgan fingerprint density at radius 1 is 1.12 bits per heavy atom. The molecule has 0 aliphatic carbocycles. The summed E-state index contributed by atoms with van der Waals surface area (Å²) in [6.07, 6.45) is -5.02. The molecule has 16 heavy (non-hydrogen) atoms. The molecular formula is C11H14F2O3. The zero-order valence-electron chi connectivity index (χ0n) is 8.55. The summed E-state index contributed by atoms with van der Waals surface area (Å²) in [7, 11) is 0. The predicted molar refractivity (Wildman–Crippen MR) is 54.1 cm³/mol. The van der Waals surface area contributed by atoms with Crippen LogP contribution in [0.25, 0.3) is 0 Å². The van der Waals surface area contributed by atoms with Crippen molar-refractivity contribution in [3.63, 3.8) is 0 Å². The SMILES string of the molecule is OCCC(O)C(O)c1cccc(C(F)F)c1. The van der Waals surface area contributed by atoms with E-state index >= 15 is 0 Å². The van der Waals surface area contributed by atoms with Crippen molar-refractivity contribution in [1.82, 2.24) is 0 Å². The van der Waals surface area contributed by atoms with Crippen molar-refractivity contribution in [2.45, 2.75) is 25.1 Å². The van der Waals surface area contributed by atoms with Crippen LogP contribution in [0.2, 0.25) is 0 Å². The lowest BCUT2D eigenvalue weighted by Gasteiger charge is -2.17. The van der Waals surface area contributed by atoms with Crippen LogP contribution >= 0.6 is 0 Å². The maximum Gasteiger partial charge on any atom is 0.263 e. The summed E-state index contributed by atoms with van der Waals surface area (Å²) in [6, 6.07) is 5.25. The highest BCUT2D eigenvalue weighted by molar-refractivity contribution is 5.26. The topological polar surface area (TPSA) is 60.7 Å². The quantitative estimate of drug-likeness (QED) is 0.719. The van der Waals surface area contributed by atoms with E-state index in [-0.39, 0.29) is 24.2 Å². The maximum atomic E-state index is 12.4. The highest BCUT2D eigenvalue weighted by atomic mass is 19.3. The second-order valence-electron chi connectivity index (χ2n) is 3.50. The lowest BCUT2D eigenvalue weighted by atomic mass is 10.0. The summed E-state index contributed by atoms with van der Waals surface area (Å²) >= 11 is 0. The van der Waals surface area contributed by atoms with Crippen LogP contribution < -0.4 is 0 Å². The number of rotatable bonds is 5. The highest BCUT2D eigenvalue weighted by Crippen LogP contribution is 2.24. The first-order chi connectivity index (χ1) is 7.56. The lowest BCUT2D eigenvalue weighted by Crippen LogP contribution is -2.19. The third-order valence-electron chi connectivity index (χ3n) is 2.29. The Kier molecular flexibility index (Phi) is 4.79. The molecule has 1 aromatic carbocycles. The second kappa shape index (κ2) is 5.89. The van der Waals surface area contributed by atoms with E-state index in [1.165, 1.54) is 18.2 Å². The number of halogens is 2. The van der Waals surface area contributed by atoms with Gasteiger partial charge in [-0.05, 0) is 18.1 Å². The molecule has 90 valence electrons. The van der Waals surface area contributed by atoms with E-state index in [2.05, 4.69) is 0 Å². The van der Waals surface area contributed by atoms with Gasteiger partial charge >= 0.3 is 0 Å². The van der Waals surface area contributed by atoms with Crippen LogP contribution in [0.3, 0.4) is 0 Å². The summed E-state index contributed by atoms with van der Waals surface area (Å²) in [4.78, 5) is 0. The van der Waals surface area contributed by atoms with Crippen LogP contribution in [0.5, 0.6) is 0 Å². The summed E-state index contributed by atoms with van der Waals surface area (Å²) in [5.41, 5.74) is 0.0199. The standard InChI is InChI=1S/C11H14F2O3/c12-11(13)8-3-1-2-7(6-8)10(16)9(15)4-5-14/h1-3,6,9-11,14-16H,4-5H2. The van der Waals surface area contributed by atoms with Crippen LogP contribution in [-0.4, -0.2) is 28.0 Å². The van der Waals surface area contributed by atoms with Gasteiger partial charge in [0.2, 0.25) is 0 Å². The summed E-state index contributed by atoms with van der Waals surface area (Å²) in [5, 5.41) is 27.6. The monoisotopic (exact) mass is 232 g/mol. The largest absolute Gasteiger partial charge is 0.396 e. The Labute approximate surface area is 92.0 Å². The first kappa shape index (κ1) is 13.0. The minimum absolute atomic E-state index is 0.0000723. The van der Waals surface area contributed by atoms with Crippen molar-refractivity contribution in [3.05, 3.63) is 35.4 Å². The van der Waals surface area contributed by atoms with Gasteiger partial charge < -0.3 is 15.3 Å². The number of hydrogen-bond acceptors (Lipinski definition) is 3. The minimum Gasteiger partial charge on any atom is -0.396 e. The van der Waals surface area contributed by atoms with E-state index < -0.39 is 18.6 Å². The highest BCUT2D eigenvalue weighted by Gasteiger charge is 2.19. The Bertz CT molecular complexity index is 331. The van der Waals surface area contributed by atoms with Gasteiger partial charge in [-0.25, -0.2) is 8.78 Å². The van der Waals surface area contributed by atoms with Crippen molar-refractivity contribution in [1.29, 1.82) is 0 Å². The fourth-order valence-corrected chi connectivity index (χ4v) is 1.39. The van der Waals surface area contributed by atoms with Gasteiger partial charge in [-0.15, -0.1) is 0 Å². The Morgan fingerprint density at radius 2 is 1.75 bits per heavy atom. The molecule has 0 amide bonds. The van der Waals surface area contributed by atoms with E-state index in [9.17, 15) is 19.0 Å². The van der Waals surface area contributed by atoms with Crippen molar-refractivity contribution >= 4 is 0 Å². The summed E-state index contributed by atoms with van der Waals surface area (Å²) < 4.78 is 24.8. The van der Waals surface area contributed by atoms with E-state index in [1.807, 2.05) is 0 Å². The first-order valence-corrected chi connectivity index (χ1v) is 4.91. The molecule has 0 radical (unpaired) electrons. The van der Waals surface area contributed by atoms with Gasteiger partial charge in [0.05, 0.1) is 6.10 Å². The van der Waals surface area contributed by atoms with Gasteiger partial charge in [0.15, 0.2) is 0 Å². The molecule has 1 aromatic rings. The van der Waals surface area contributed by atoms with Crippen molar-refractivity contribution < 1.29 is 24.1 Å². The number of aliphatic hydroxyl groups excluding tert-OH is 3. The molecule has 1 rings (SSSR count). The van der Waals surface area contributed by atoms with Crippen LogP contribution in [0.1, 0.15) is 30.1 Å². The normalized spacial score (nSPS) is 15.1. The fraction of sp³-hybridized carbons (Fsp3) is 0.455. The number of benzene rings is 1. The molecule has 0 aromatic heterocycles.